The number of anilines is 1. The monoisotopic (exact) mass is 475 g/mol. The minimum Gasteiger partial charge on any atom is -0.277 e. The average Bonchev–Trinajstić information content (AvgIpc) is 3.14. The molecule has 0 saturated heterocycles. The van der Waals surface area contributed by atoms with Crippen molar-refractivity contribution in [3.63, 3.8) is 0 Å². The number of nitro groups is 1. The van der Waals surface area contributed by atoms with E-state index in [9.17, 15) is 15.4 Å². The fourth-order valence-corrected chi connectivity index (χ4v) is 3.19. The van der Waals surface area contributed by atoms with Gasteiger partial charge in [0.2, 0.25) is 0 Å². The molecule has 26 heavy (non-hydrogen) atoms. The van der Waals surface area contributed by atoms with Gasteiger partial charge in [-0.15, -0.1) is 11.3 Å². The largest absolute Gasteiger partial charge is 0.277 e. The van der Waals surface area contributed by atoms with E-state index in [1.54, 1.807) is 17.5 Å². The van der Waals surface area contributed by atoms with Gasteiger partial charge in [0, 0.05) is 26.6 Å². The molecule has 0 spiro atoms. The highest BCUT2D eigenvalue weighted by atomic mass is 127. The Morgan fingerprint density at radius 3 is 2.77 bits per heavy atom. The number of rotatable bonds is 5. The number of nitrogens with one attached hydrogen (secondary N) is 1. The molecule has 0 aliphatic heterocycles. The Kier molecular flexibility index (Phi) is 5.55. The molecule has 7 nitrogen and oxygen atoms in total. The normalized spacial score (nSPS) is 11.0. The molecule has 0 aliphatic rings. The van der Waals surface area contributed by atoms with Gasteiger partial charge in [0.15, 0.2) is 10.7 Å². The Hall–Kier alpha value is -2.84. The molecule has 0 amide bonds. The number of benzene rings is 2. The van der Waals surface area contributed by atoms with Crippen molar-refractivity contribution in [1.29, 1.82) is 5.26 Å². The maximum Gasteiger partial charge on any atom is 0.270 e. The van der Waals surface area contributed by atoms with Crippen LogP contribution >= 0.6 is 33.9 Å². The summed E-state index contributed by atoms with van der Waals surface area (Å²) < 4.78 is 1.10. The van der Waals surface area contributed by atoms with E-state index in [1.165, 1.54) is 23.5 Å². The third-order valence-corrected chi connectivity index (χ3v) is 4.87. The summed E-state index contributed by atoms with van der Waals surface area (Å²) in [4.78, 5) is 14.8. The number of nitriles is 1. The van der Waals surface area contributed by atoms with Crippen molar-refractivity contribution in [3.05, 3.63) is 72.6 Å². The first-order valence-corrected chi connectivity index (χ1v) is 9.23. The lowest BCUT2D eigenvalue weighted by Crippen LogP contribution is -2.01. The second-order valence-electron chi connectivity index (χ2n) is 5.04. The van der Waals surface area contributed by atoms with Gasteiger partial charge in [0.05, 0.1) is 16.3 Å². The van der Waals surface area contributed by atoms with Crippen LogP contribution in [0.2, 0.25) is 0 Å². The molecular formula is C17H10IN5O2S. The standard InChI is InChI=1S/C17H10IN5O2S/c18-12-4-6-13(7-5-12)21-22-15(9-19)17-20-16(10-26-17)11-2-1-3-14(8-11)23(24)25/h1-8,10,21H/b22-15+. The van der Waals surface area contributed by atoms with Gasteiger partial charge < -0.3 is 0 Å². The molecule has 3 aromatic rings. The summed E-state index contributed by atoms with van der Waals surface area (Å²) in [6, 6.07) is 15.8. The van der Waals surface area contributed by atoms with E-state index in [2.05, 4.69) is 38.1 Å². The van der Waals surface area contributed by atoms with Gasteiger partial charge >= 0.3 is 0 Å². The number of nitro benzene ring substituents is 1. The molecular weight excluding hydrogens is 465 g/mol. The highest BCUT2D eigenvalue weighted by Crippen LogP contribution is 2.25. The number of hydrazone groups is 1. The SMILES string of the molecule is N#C/C(=N\Nc1ccc(I)cc1)c1nc(-c2cccc([N+](=O)[O-])c2)cs1. The molecule has 1 aromatic heterocycles. The minimum absolute atomic E-state index is 0.00778. The Labute approximate surface area is 166 Å². The van der Waals surface area contributed by atoms with Gasteiger partial charge in [0.25, 0.3) is 5.69 Å². The Bertz CT molecular complexity index is 1020. The molecule has 0 radical (unpaired) electrons. The smallest absolute Gasteiger partial charge is 0.270 e. The zero-order valence-corrected chi connectivity index (χ0v) is 16.1. The van der Waals surface area contributed by atoms with Gasteiger partial charge in [-0.05, 0) is 46.9 Å². The van der Waals surface area contributed by atoms with Gasteiger partial charge in [-0.1, -0.05) is 12.1 Å². The van der Waals surface area contributed by atoms with Crippen molar-refractivity contribution < 1.29 is 4.92 Å². The molecule has 0 unspecified atom stereocenters. The van der Waals surface area contributed by atoms with Crippen LogP contribution in [0.4, 0.5) is 11.4 Å². The third kappa shape index (κ3) is 4.22. The molecule has 9 heteroatoms. The Balaban J connectivity index is 1.84. The highest BCUT2D eigenvalue weighted by Gasteiger charge is 2.13. The van der Waals surface area contributed by atoms with Gasteiger partial charge in [-0.3, -0.25) is 15.5 Å². The second kappa shape index (κ2) is 8.03. The zero-order chi connectivity index (χ0) is 18.5. The fraction of sp³-hybridized carbons (Fsp3) is 0. The summed E-state index contributed by atoms with van der Waals surface area (Å²) in [6.07, 6.45) is 0. The summed E-state index contributed by atoms with van der Waals surface area (Å²) in [5, 5.41) is 26.5. The molecule has 3 rings (SSSR count). The Morgan fingerprint density at radius 1 is 1.31 bits per heavy atom. The predicted molar refractivity (Wildman–Crippen MR) is 109 cm³/mol. The average molecular weight is 475 g/mol. The van der Waals surface area contributed by atoms with E-state index >= 15 is 0 Å². The van der Waals surface area contributed by atoms with E-state index in [1.807, 2.05) is 30.3 Å². The molecule has 0 saturated carbocycles. The van der Waals surface area contributed by atoms with Crippen LogP contribution in [0.15, 0.2) is 59.0 Å². The fourth-order valence-electron chi connectivity index (χ4n) is 2.06. The van der Waals surface area contributed by atoms with Crippen LogP contribution in [0.5, 0.6) is 0 Å². The zero-order valence-electron chi connectivity index (χ0n) is 13.1. The maximum absolute atomic E-state index is 10.9. The van der Waals surface area contributed by atoms with Crippen molar-refractivity contribution in [2.45, 2.75) is 0 Å². The van der Waals surface area contributed by atoms with Crippen LogP contribution in [0, 0.1) is 25.0 Å². The van der Waals surface area contributed by atoms with Crippen LogP contribution in [0.25, 0.3) is 11.3 Å². The first kappa shape index (κ1) is 18.0. The molecule has 0 atom stereocenters. The van der Waals surface area contributed by atoms with Gasteiger partial charge in [-0.25, -0.2) is 4.98 Å². The Morgan fingerprint density at radius 2 is 2.08 bits per heavy atom. The summed E-state index contributed by atoms with van der Waals surface area (Å²) in [6.45, 7) is 0. The minimum atomic E-state index is -0.454. The number of non-ortho nitro benzene ring substituents is 1. The number of hydrogen-bond acceptors (Lipinski definition) is 7. The number of thiazole rings is 1. The van der Waals surface area contributed by atoms with E-state index in [0.29, 0.717) is 16.3 Å². The summed E-state index contributed by atoms with van der Waals surface area (Å²) >= 11 is 3.46. The van der Waals surface area contributed by atoms with Gasteiger partial charge in [-0.2, -0.15) is 10.4 Å². The van der Waals surface area contributed by atoms with Crippen molar-refractivity contribution in [2.75, 3.05) is 5.43 Å². The number of aromatic nitrogens is 1. The van der Waals surface area contributed by atoms with E-state index in [-0.39, 0.29) is 11.4 Å². The lowest BCUT2D eigenvalue weighted by molar-refractivity contribution is -0.384. The molecule has 0 bridgehead atoms. The number of hydrogen-bond donors (Lipinski definition) is 1. The number of halogens is 1. The summed E-state index contributed by atoms with van der Waals surface area (Å²) in [5.41, 5.74) is 4.90. The molecule has 1 heterocycles. The summed E-state index contributed by atoms with van der Waals surface area (Å²) in [5.74, 6) is 0. The van der Waals surface area contributed by atoms with Crippen LogP contribution in [-0.2, 0) is 0 Å². The van der Waals surface area contributed by atoms with Crippen molar-refractivity contribution in [1.82, 2.24) is 4.98 Å². The maximum atomic E-state index is 10.9. The number of nitrogens with zero attached hydrogens (tertiary/aromatic N) is 4. The lowest BCUT2D eigenvalue weighted by atomic mass is 10.1. The predicted octanol–water partition coefficient (Wildman–Crippen LogP) is 4.66. The van der Waals surface area contributed by atoms with E-state index in [0.717, 1.165) is 9.26 Å². The van der Waals surface area contributed by atoms with Crippen LogP contribution in [0.1, 0.15) is 5.01 Å². The topological polar surface area (TPSA) is 104 Å². The van der Waals surface area contributed by atoms with E-state index in [4.69, 9.17) is 0 Å². The second-order valence-corrected chi connectivity index (χ2v) is 7.14. The van der Waals surface area contributed by atoms with Crippen LogP contribution in [0.3, 0.4) is 0 Å². The van der Waals surface area contributed by atoms with Crippen molar-refractivity contribution in [2.24, 2.45) is 5.10 Å². The summed E-state index contributed by atoms with van der Waals surface area (Å²) in [7, 11) is 0. The van der Waals surface area contributed by atoms with Crippen LogP contribution in [-0.4, -0.2) is 15.6 Å². The van der Waals surface area contributed by atoms with E-state index < -0.39 is 4.92 Å². The molecule has 2 aromatic carbocycles. The first-order valence-electron chi connectivity index (χ1n) is 7.27. The first-order chi connectivity index (χ1) is 12.6. The molecule has 128 valence electrons. The quantitative estimate of drug-likeness (QED) is 0.250. The van der Waals surface area contributed by atoms with Crippen LogP contribution < -0.4 is 5.43 Å². The molecule has 0 fully saturated rings. The third-order valence-electron chi connectivity index (χ3n) is 3.31. The highest BCUT2D eigenvalue weighted by molar-refractivity contribution is 14.1. The van der Waals surface area contributed by atoms with Gasteiger partial charge in [0.1, 0.15) is 6.07 Å². The molecule has 1 N–H and O–H groups in total. The van der Waals surface area contributed by atoms with Crippen molar-refractivity contribution >= 4 is 51.0 Å². The van der Waals surface area contributed by atoms with Crippen molar-refractivity contribution in [3.8, 4) is 17.3 Å². The lowest BCUT2D eigenvalue weighted by Gasteiger charge is -2.00. The molecule has 0 aliphatic carbocycles.